The molecule has 0 heterocycles. The van der Waals surface area contributed by atoms with Crippen molar-refractivity contribution in [3.05, 3.63) is 62.5 Å². The molecule has 2 rings (SSSR count). The molecule has 0 unspecified atom stereocenters. The molecule has 0 saturated heterocycles. The van der Waals surface area contributed by atoms with Gasteiger partial charge in [0.25, 0.3) is 0 Å². The first-order valence-electron chi connectivity index (χ1n) is 5.53. The monoisotopic (exact) mass is 383 g/mol. The number of carbonyl (C=O) groups is 1. The van der Waals surface area contributed by atoms with Crippen LogP contribution in [0, 0.1) is 0 Å². The van der Waals surface area contributed by atoms with E-state index in [9.17, 15) is 4.79 Å². The van der Waals surface area contributed by atoms with E-state index in [1.807, 2.05) is 24.3 Å². The second kappa shape index (κ2) is 6.21. The predicted octanol–water partition coefficient (Wildman–Crippen LogP) is 4.15. The van der Waals surface area contributed by atoms with Crippen molar-refractivity contribution in [2.24, 2.45) is 0 Å². The summed E-state index contributed by atoms with van der Waals surface area (Å²) in [6, 6.07) is 12.6. The van der Waals surface area contributed by atoms with Gasteiger partial charge in [-0.05, 0) is 40.2 Å². The highest BCUT2D eigenvalue weighted by Crippen LogP contribution is 2.22. The van der Waals surface area contributed by atoms with E-state index < -0.39 is 0 Å². The zero-order valence-corrected chi connectivity index (χ0v) is 13.1. The highest BCUT2D eigenvalue weighted by atomic mass is 79.9. The number of hydrogen-bond donors (Lipinski definition) is 1. The molecule has 0 amide bonds. The number of carbonyl (C=O) groups excluding carboxylic acids is 1. The number of benzene rings is 2. The summed E-state index contributed by atoms with van der Waals surface area (Å²) in [5.74, 6) is -0.378. The minimum atomic E-state index is -0.378. The third kappa shape index (κ3) is 3.58. The van der Waals surface area contributed by atoms with E-state index in [1.54, 1.807) is 18.2 Å². The minimum absolute atomic E-state index is 0.224. The van der Waals surface area contributed by atoms with E-state index in [1.165, 1.54) is 0 Å². The molecule has 3 nitrogen and oxygen atoms in total. The van der Waals surface area contributed by atoms with Gasteiger partial charge >= 0.3 is 5.97 Å². The van der Waals surface area contributed by atoms with Crippen LogP contribution in [0.5, 0.6) is 0 Å². The first-order valence-corrected chi connectivity index (χ1v) is 7.12. The molecule has 5 heteroatoms. The second-order valence-electron chi connectivity index (χ2n) is 3.90. The number of ether oxygens (including phenoxy) is 1. The highest BCUT2D eigenvalue weighted by molar-refractivity contribution is 9.10. The van der Waals surface area contributed by atoms with Crippen molar-refractivity contribution in [1.82, 2.24) is 0 Å². The molecule has 0 radical (unpaired) electrons. The summed E-state index contributed by atoms with van der Waals surface area (Å²) in [5.41, 5.74) is 7.64. The second-order valence-corrected chi connectivity index (χ2v) is 5.61. The Balaban J connectivity index is 2.05. The normalized spacial score (nSPS) is 10.2. The van der Waals surface area contributed by atoms with Gasteiger partial charge in [-0.1, -0.05) is 34.1 Å². The summed E-state index contributed by atoms with van der Waals surface area (Å²) in [6.45, 7) is 0.224. The molecular weight excluding hydrogens is 374 g/mol. The van der Waals surface area contributed by atoms with E-state index in [0.717, 1.165) is 10.0 Å². The summed E-state index contributed by atoms with van der Waals surface area (Å²) < 4.78 is 6.86. The maximum atomic E-state index is 11.9. The van der Waals surface area contributed by atoms with Crippen molar-refractivity contribution in [3.8, 4) is 0 Å². The molecular formula is C14H11Br2NO2. The largest absolute Gasteiger partial charge is 0.457 e. The Morgan fingerprint density at radius 2 is 1.84 bits per heavy atom. The van der Waals surface area contributed by atoms with Crippen LogP contribution in [0.2, 0.25) is 0 Å². The van der Waals surface area contributed by atoms with Gasteiger partial charge in [0, 0.05) is 20.2 Å². The molecule has 0 fully saturated rings. The average Bonchev–Trinajstić information content (AvgIpc) is 2.40. The Bertz CT molecular complexity index is 614. The zero-order valence-electron chi connectivity index (χ0n) is 9.90. The quantitative estimate of drug-likeness (QED) is 0.638. The van der Waals surface area contributed by atoms with Crippen LogP contribution in [0.4, 0.5) is 5.69 Å². The molecule has 0 saturated carbocycles. The molecule has 0 atom stereocenters. The topological polar surface area (TPSA) is 52.3 Å². The first-order chi connectivity index (χ1) is 9.08. The van der Waals surface area contributed by atoms with Crippen molar-refractivity contribution < 1.29 is 9.53 Å². The number of esters is 1. The van der Waals surface area contributed by atoms with Crippen LogP contribution < -0.4 is 5.73 Å². The Hall–Kier alpha value is -1.33. The molecule has 98 valence electrons. The lowest BCUT2D eigenvalue weighted by molar-refractivity contribution is 0.0472. The van der Waals surface area contributed by atoms with Crippen molar-refractivity contribution in [2.75, 3.05) is 5.73 Å². The van der Waals surface area contributed by atoms with Crippen molar-refractivity contribution in [3.63, 3.8) is 0 Å². The van der Waals surface area contributed by atoms with Crippen molar-refractivity contribution in [2.45, 2.75) is 6.61 Å². The third-order valence-electron chi connectivity index (χ3n) is 2.55. The molecule has 0 aromatic heterocycles. The van der Waals surface area contributed by atoms with Crippen molar-refractivity contribution >= 4 is 43.5 Å². The fourth-order valence-corrected chi connectivity index (χ4v) is 2.27. The molecule has 0 aliphatic heterocycles. The number of halogens is 2. The Labute approximate surface area is 128 Å². The van der Waals surface area contributed by atoms with Crippen LogP contribution in [-0.2, 0) is 11.3 Å². The maximum absolute atomic E-state index is 11.9. The van der Waals surface area contributed by atoms with Crippen LogP contribution in [0.15, 0.2) is 51.4 Å². The molecule has 0 aliphatic rings. The van der Waals surface area contributed by atoms with Crippen LogP contribution in [0.25, 0.3) is 0 Å². The smallest absolute Gasteiger partial charge is 0.338 e. The van der Waals surface area contributed by atoms with E-state index in [2.05, 4.69) is 31.9 Å². The molecule has 2 N–H and O–H groups in total. The molecule has 0 aliphatic carbocycles. The number of nitrogens with two attached hydrogens (primary N) is 1. The number of nitrogen functional groups attached to an aromatic ring is 1. The minimum Gasteiger partial charge on any atom is -0.457 e. The van der Waals surface area contributed by atoms with Crippen LogP contribution >= 0.6 is 31.9 Å². The van der Waals surface area contributed by atoms with Crippen LogP contribution in [-0.4, -0.2) is 5.97 Å². The highest BCUT2D eigenvalue weighted by Gasteiger charge is 2.10. The lowest BCUT2D eigenvalue weighted by Gasteiger charge is -2.07. The van der Waals surface area contributed by atoms with E-state index >= 15 is 0 Å². The number of anilines is 1. The van der Waals surface area contributed by atoms with Gasteiger partial charge in [-0.2, -0.15) is 0 Å². The van der Waals surface area contributed by atoms with Gasteiger partial charge in [0.15, 0.2) is 0 Å². The Morgan fingerprint density at radius 1 is 1.11 bits per heavy atom. The summed E-state index contributed by atoms with van der Waals surface area (Å²) in [7, 11) is 0. The summed E-state index contributed by atoms with van der Waals surface area (Å²) >= 11 is 6.69. The van der Waals surface area contributed by atoms with Crippen LogP contribution in [0.1, 0.15) is 15.9 Å². The lowest BCUT2D eigenvalue weighted by Crippen LogP contribution is -2.06. The van der Waals surface area contributed by atoms with Gasteiger partial charge in [0.1, 0.15) is 6.61 Å². The fourth-order valence-electron chi connectivity index (χ4n) is 1.50. The molecule has 19 heavy (non-hydrogen) atoms. The zero-order chi connectivity index (χ0) is 13.8. The number of hydrogen-bond acceptors (Lipinski definition) is 3. The molecule has 2 aromatic rings. The molecule has 0 bridgehead atoms. The van der Waals surface area contributed by atoms with E-state index in [-0.39, 0.29) is 12.6 Å². The summed E-state index contributed by atoms with van der Waals surface area (Å²) in [6.07, 6.45) is 0. The summed E-state index contributed by atoms with van der Waals surface area (Å²) in [4.78, 5) is 11.9. The standard InChI is InChI=1S/C14H11Br2NO2/c15-11-4-2-1-3-10(11)8-19-14(18)9-5-6-13(17)12(16)7-9/h1-7H,8,17H2. The Kier molecular flexibility index (Phi) is 4.61. The average molecular weight is 385 g/mol. The predicted molar refractivity (Wildman–Crippen MR) is 81.8 cm³/mol. The lowest BCUT2D eigenvalue weighted by atomic mass is 10.2. The van der Waals surface area contributed by atoms with E-state index in [0.29, 0.717) is 15.7 Å². The number of rotatable bonds is 3. The molecule has 0 spiro atoms. The SMILES string of the molecule is Nc1ccc(C(=O)OCc2ccccc2Br)cc1Br. The maximum Gasteiger partial charge on any atom is 0.338 e. The van der Waals surface area contributed by atoms with Gasteiger partial charge in [0.2, 0.25) is 0 Å². The van der Waals surface area contributed by atoms with Gasteiger partial charge in [-0.3, -0.25) is 0 Å². The third-order valence-corrected chi connectivity index (χ3v) is 4.01. The van der Waals surface area contributed by atoms with Crippen LogP contribution in [0.3, 0.4) is 0 Å². The van der Waals surface area contributed by atoms with Gasteiger partial charge < -0.3 is 10.5 Å². The summed E-state index contributed by atoms with van der Waals surface area (Å²) in [5, 5.41) is 0. The first kappa shape index (κ1) is 14.1. The molecule has 2 aromatic carbocycles. The van der Waals surface area contributed by atoms with Gasteiger partial charge in [0.05, 0.1) is 5.56 Å². The van der Waals surface area contributed by atoms with Gasteiger partial charge in [-0.15, -0.1) is 0 Å². The Morgan fingerprint density at radius 3 is 2.53 bits per heavy atom. The van der Waals surface area contributed by atoms with E-state index in [4.69, 9.17) is 10.5 Å². The van der Waals surface area contributed by atoms with Gasteiger partial charge in [-0.25, -0.2) is 4.79 Å². The van der Waals surface area contributed by atoms with Crippen molar-refractivity contribution in [1.29, 1.82) is 0 Å². The fraction of sp³-hybridized carbons (Fsp3) is 0.0714.